The number of nitrogens with zero attached hydrogens (tertiary/aromatic N) is 1. The fourth-order valence-electron chi connectivity index (χ4n) is 1.06. The monoisotopic (exact) mass is 177 g/mol. The summed E-state index contributed by atoms with van der Waals surface area (Å²) >= 11 is 0. The molecule has 0 bridgehead atoms. The summed E-state index contributed by atoms with van der Waals surface area (Å²) in [6.45, 7) is 8.34. The van der Waals surface area contributed by atoms with Gasteiger partial charge in [-0.2, -0.15) is 5.26 Å². The van der Waals surface area contributed by atoms with Gasteiger partial charge in [-0.05, 0) is 19.3 Å². The Kier molecular flexibility index (Phi) is 5.97. The second-order valence-electron chi connectivity index (χ2n) is 3.63. The first-order valence-corrected chi connectivity index (χ1v) is 4.86. The van der Waals surface area contributed by atoms with Gasteiger partial charge in [0.1, 0.15) is 0 Å². The van der Waals surface area contributed by atoms with E-state index in [1.807, 2.05) is 26.0 Å². The maximum atomic E-state index is 8.79. The van der Waals surface area contributed by atoms with E-state index in [1.165, 1.54) is 0 Å². The highest BCUT2D eigenvalue weighted by Crippen LogP contribution is 2.13. The van der Waals surface area contributed by atoms with Gasteiger partial charge in [0.2, 0.25) is 0 Å². The number of hydrogen-bond acceptors (Lipinski definition) is 1. The van der Waals surface area contributed by atoms with Crippen molar-refractivity contribution in [3.05, 3.63) is 23.8 Å². The van der Waals surface area contributed by atoms with Crippen LogP contribution in [0.1, 0.15) is 34.1 Å². The first kappa shape index (κ1) is 12.0. The van der Waals surface area contributed by atoms with Crippen molar-refractivity contribution in [1.82, 2.24) is 0 Å². The van der Waals surface area contributed by atoms with E-state index >= 15 is 0 Å². The predicted molar refractivity (Wildman–Crippen MR) is 57.1 cm³/mol. The van der Waals surface area contributed by atoms with Crippen molar-refractivity contribution in [2.24, 2.45) is 11.8 Å². The van der Waals surface area contributed by atoms with Crippen LogP contribution >= 0.6 is 0 Å². The number of hydrogen-bond donors (Lipinski definition) is 0. The molecule has 0 aromatic rings. The molecule has 0 heterocycles. The Morgan fingerprint density at radius 1 is 1.46 bits per heavy atom. The first-order chi connectivity index (χ1) is 6.11. The van der Waals surface area contributed by atoms with E-state index in [4.69, 9.17) is 5.26 Å². The summed E-state index contributed by atoms with van der Waals surface area (Å²) < 4.78 is 0. The molecule has 0 saturated heterocycles. The number of rotatable bonds is 4. The highest BCUT2D eigenvalue weighted by molar-refractivity contribution is 5.18. The van der Waals surface area contributed by atoms with Crippen LogP contribution in [0.4, 0.5) is 0 Å². The summed E-state index contributed by atoms with van der Waals surface area (Å²) in [7, 11) is 0. The Morgan fingerprint density at radius 3 is 2.46 bits per heavy atom. The minimum Gasteiger partial charge on any atom is -0.198 e. The standard InChI is InChI=1S/C12H19N/c1-5-12(9-13)11(4)8-6-7-10(2)3/h6-8,10,12H,5H2,1-4H3. The normalized spacial score (nSPS) is 14.9. The molecule has 0 aliphatic carbocycles. The molecule has 1 atom stereocenters. The van der Waals surface area contributed by atoms with E-state index in [9.17, 15) is 0 Å². The summed E-state index contributed by atoms with van der Waals surface area (Å²) in [5.74, 6) is 0.656. The molecule has 0 aliphatic rings. The third kappa shape index (κ3) is 5.25. The molecule has 0 aliphatic heterocycles. The summed E-state index contributed by atoms with van der Waals surface area (Å²) in [4.78, 5) is 0. The molecular formula is C12H19N. The van der Waals surface area contributed by atoms with E-state index in [2.05, 4.69) is 26.0 Å². The fourth-order valence-corrected chi connectivity index (χ4v) is 1.06. The molecule has 0 aromatic heterocycles. The van der Waals surface area contributed by atoms with Crippen molar-refractivity contribution < 1.29 is 0 Å². The van der Waals surface area contributed by atoms with Gasteiger partial charge in [0.25, 0.3) is 0 Å². The SMILES string of the molecule is CCC(C#N)C(C)=CC=CC(C)C. The highest BCUT2D eigenvalue weighted by atomic mass is 14.3. The van der Waals surface area contributed by atoms with Crippen LogP contribution in [-0.2, 0) is 0 Å². The molecule has 72 valence electrons. The van der Waals surface area contributed by atoms with E-state index in [-0.39, 0.29) is 5.92 Å². The molecule has 0 saturated carbocycles. The van der Waals surface area contributed by atoms with Gasteiger partial charge in [-0.25, -0.2) is 0 Å². The van der Waals surface area contributed by atoms with Gasteiger partial charge in [-0.3, -0.25) is 0 Å². The van der Waals surface area contributed by atoms with E-state index in [0.717, 1.165) is 12.0 Å². The van der Waals surface area contributed by atoms with Gasteiger partial charge in [0.05, 0.1) is 12.0 Å². The lowest BCUT2D eigenvalue weighted by molar-refractivity contribution is 0.740. The molecule has 13 heavy (non-hydrogen) atoms. The van der Waals surface area contributed by atoms with Crippen molar-refractivity contribution >= 4 is 0 Å². The molecule has 0 spiro atoms. The molecular weight excluding hydrogens is 158 g/mol. The van der Waals surface area contributed by atoms with Crippen LogP contribution in [0.15, 0.2) is 23.8 Å². The van der Waals surface area contributed by atoms with Gasteiger partial charge in [0, 0.05) is 0 Å². The van der Waals surface area contributed by atoms with Crippen LogP contribution < -0.4 is 0 Å². The molecule has 0 radical (unpaired) electrons. The van der Waals surface area contributed by atoms with Crippen LogP contribution in [0.25, 0.3) is 0 Å². The zero-order valence-corrected chi connectivity index (χ0v) is 9.04. The van der Waals surface area contributed by atoms with Crippen LogP contribution in [0.3, 0.4) is 0 Å². The Morgan fingerprint density at radius 2 is 2.08 bits per heavy atom. The first-order valence-electron chi connectivity index (χ1n) is 4.86. The summed E-state index contributed by atoms with van der Waals surface area (Å²) in [6.07, 6.45) is 7.11. The molecule has 1 nitrogen and oxygen atoms in total. The van der Waals surface area contributed by atoms with Crippen molar-refractivity contribution in [3.8, 4) is 6.07 Å². The van der Waals surface area contributed by atoms with Gasteiger partial charge < -0.3 is 0 Å². The Labute approximate surface area is 81.8 Å². The lowest BCUT2D eigenvalue weighted by Gasteiger charge is -2.04. The van der Waals surface area contributed by atoms with E-state index < -0.39 is 0 Å². The quantitative estimate of drug-likeness (QED) is 0.601. The van der Waals surface area contributed by atoms with E-state index in [0.29, 0.717) is 5.92 Å². The van der Waals surface area contributed by atoms with Crippen LogP contribution in [0.2, 0.25) is 0 Å². The second kappa shape index (κ2) is 6.48. The minimum absolute atomic E-state index is 0.0804. The molecule has 0 aromatic carbocycles. The summed E-state index contributed by atoms with van der Waals surface area (Å²) in [5.41, 5.74) is 1.15. The summed E-state index contributed by atoms with van der Waals surface area (Å²) in [5, 5.41) is 8.79. The van der Waals surface area contributed by atoms with Crippen LogP contribution in [0.5, 0.6) is 0 Å². The largest absolute Gasteiger partial charge is 0.198 e. The van der Waals surface area contributed by atoms with Crippen molar-refractivity contribution in [2.75, 3.05) is 0 Å². The fraction of sp³-hybridized carbons (Fsp3) is 0.583. The lowest BCUT2D eigenvalue weighted by Crippen LogP contribution is -1.95. The Hall–Kier alpha value is -1.03. The highest BCUT2D eigenvalue weighted by Gasteiger charge is 2.04. The predicted octanol–water partition coefficient (Wildman–Crippen LogP) is 3.69. The van der Waals surface area contributed by atoms with Crippen LogP contribution in [-0.4, -0.2) is 0 Å². The Bertz CT molecular complexity index is 228. The maximum Gasteiger partial charge on any atom is 0.0700 e. The topological polar surface area (TPSA) is 23.8 Å². The van der Waals surface area contributed by atoms with Gasteiger partial charge in [-0.15, -0.1) is 0 Å². The average molecular weight is 177 g/mol. The van der Waals surface area contributed by atoms with Crippen molar-refractivity contribution in [1.29, 1.82) is 5.26 Å². The second-order valence-corrected chi connectivity index (χ2v) is 3.63. The summed E-state index contributed by atoms with van der Waals surface area (Å²) in [6, 6.07) is 2.29. The average Bonchev–Trinajstić information content (AvgIpc) is 2.05. The van der Waals surface area contributed by atoms with Crippen molar-refractivity contribution in [2.45, 2.75) is 34.1 Å². The minimum atomic E-state index is 0.0804. The number of nitriles is 1. The molecule has 0 fully saturated rings. The Balaban J connectivity index is 4.24. The molecule has 1 unspecified atom stereocenters. The molecule has 0 amide bonds. The van der Waals surface area contributed by atoms with Gasteiger partial charge in [0.15, 0.2) is 0 Å². The molecule has 0 N–H and O–H groups in total. The van der Waals surface area contributed by atoms with Gasteiger partial charge >= 0.3 is 0 Å². The molecule has 1 heteroatoms. The molecule has 0 rings (SSSR count). The zero-order chi connectivity index (χ0) is 10.3. The zero-order valence-electron chi connectivity index (χ0n) is 9.04. The number of allylic oxidation sites excluding steroid dienone is 4. The lowest BCUT2D eigenvalue weighted by atomic mass is 9.99. The smallest absolute Gasteiger partial charge is 0.0700 e. The maximum absolute atomic E-state index is 8.79. The third-order valence-corrected chi connectivity index (χ3v) is 1.97. The van der Waals surface area contributed by atoms with Crippen LogP contribution in [0, 0.1) is 23.2 Å². The van der Waals surface area contributed by atoms with E-state index in [1.54, 1.807) is 0 Å². The third-order valence-electron chi connectivity index (χ3n) is 1.97. The van der Waals surface area contributed by atoms with Gasteiger partial charge in [-0.1, -0.05) is 44.6 Å². The van der Waals surface area contributed by atoms with Crippen molar-refractivity contribution in [3.63, 3.8) is 0 Å².